The Morgan fingerprint density at radius 2 is 1.85 bits per heavy atom. The molecule has 1 N–H and O–H groups in total. The van der Waals surface area contributed by atoms with Gasteiger partial charge in [-0.05, 0) is 66.4 Å². The van der Waals surface area contributed by atoms with Gasteiger partial charge in [0.1, 0.15) is 18.9 Å². The van der Waals surface area contributed by atoms with Gasteiger partial charge in [-0.15, -0.1) is 0 Å². The molecule has 13 heteroatoms. The lowest BCUT2D eigenvalue weighted by Gasteiger charge is -2.14. The van der Waals surface area contributed by atoms with E-state index in [0.717, 1.165) is 18.2 Å². The van der Waals surface area contributed by atoms with E-state index in [-0.39, 0.29) is 17.2 Å². The second-order valence-corrected chi connectivity index (χ2v) is 10.9. The standard InChI is InChI=1S/C26H16BrCl2F3N2O4S/c27-17-5-7-21(38-13-14-4-6-18(28)11-20(14)29)15(8-17)9-22-24(36)34(25(37)39-22)12-23(35)33-19-3-1-2-16(10-19)26(30,31)32/h1-11H,12-13H2,(H,33,35)/b22-9-. The molecule has 3 aromatic carbocycles. The number of hydrogen-bond donors (Lipinski definition) is 1. The molecule has 39 heavy (non-hydrogen) atoms. The highest BCUT2D eigenvalue weighted by atomic mass is 79.9. The van der Waals surface area contributed by atoms with E-state index in [1.807, 2.05) is 0 Å². The molecule has 3 aromatic rings. The second kappa shape index (κ2) is 12.0. The number of halogens is 6. The Bertz CT molecular complexity index is 1500. The lowest BCUT2D eigenvalue weighted by atomic mass is 10.1. The Kier molecular flexibility index (Phi) is 8.95. The van der Waals surface area contributed by atoms with Crippen molar-refractivity contribution >= 4 is 79.7 Å². The minimum absolute atomic E-state index is 0.0411. The van der Waals surface area contributed by atoms with Crippen molar-refractivity contribution in [3.8, 4) is 5.75 Å². The Labute approximate surface area is 243 Å². The lowest BCUT2D eigenvalue weighted by molar-refractivity contribution is -0.137. The van der Waals surface area contributed by atoms with Crippen LogP contribution in [0, 0.1) is 0 Å². The van der Waals surface area contributed by atoms with Gasteiger partial charge in [-0.2, -0.15) is 13.2 Å². The fraction of sp³-hybridized carbons (Fsp3) is 0.115. The number of benzene rings is 3. The zero-order chi connectivity index (χ0) is 28.3. The molecule has 0 radical (unpaired) electrons. The predicted octanol–water partition coefficient (Wildman–Crippen LogP) is 8.03. The highest BCUT2D eigenvalue weighted by Gasteiger charge is 2.37. The molecule has 202 valence electrons. The van der Waals surface area contributed by atoms with Crippen molar-refractivity contribution < 1.29 is 32.3 Å². The van der Waals surface area contributed by atoms with E-state index in [1.165, 1.54) is 12.1 Å². The number of anilines is 1. The van der Waals surface area contributed by atoms with Crippen molar-refractivity contribution in [3.63, 3.8) is 0 Å². The summed E-state index contributed by atoms with van der Waals surface area (Å²) in [5.74, 6) is -1.15. The van der Waals surface area contributed by atoms with Crippen molar-refractivity contribution in [3.05, 3.63) is 96.8 Å². The molecule has 0 unspecified atom stereocenters. The third-order valence-corrected chi connectivity index (χ3v) is 7.29. The summed E-state index contributed by atoms with van der Waals surface area (Å²) in [7, 11) is 0. The molecule has 1 fully saturated rings. The van der Waals surface area contributed by atoms with Crippen LogP contribution in [0.1, 0.15) is 16.7 Å². The minimum atomic E-state index is -4.59. The number of alkyl halides is 3. The summed E-state index contributed by atoms with van der Waals surface area (Å²) < 4.78 is 45.4. The number of rotatable bonds is 7. The second-order valence-electron chi connectivity index (χ2n) is 8.10. The number of ether oxygens (including phenoxy) is 1. The van der Waals surface area contributed by atoms with E-state index < -0.39 is 35.3 Å². The van der Waals surface area contributed by atoms with Crippen LogP contribution in [0.5, 0.6) is 5.75 Å². The molecule has 1 heterocycles. The highest BCUT2D eigenvalue weighted by Crippen LogP contribution is 2.36. The zero-order valence-corrected chi connectivity index (χ0v) is 23.4. The Morgan fingerprint density at radius 1 is 1.08 bits per heavy atom. The number of carbonyl (C=O) groups is 3. The fourth-order valence-electron chi connectivity index (χ4n) is 3.45. The molecule has 0 aromatic heterocycles. The van der Waals surface area contributed by atoms with E-state index in [1.54, 1.807) is 36.4 Å². The van der Waals surface area contributed by atoms with Crippen LogP contribution in [0.4, 0.5) is 23.7 Å². The quantitative estimate of drug-likeness (QED) is 0.260. The number of hydrogen-bond acceptors (Lipinski definition) is 5. The van der Waals surface area contributed by atoms with Crippen molar-refractivity contribution in [2.24, 2.45) is 0 Å². The van der Waals surface area contributed by atoms with Crippen LogP contribution in [0.25, 0.3) is 6.08 Å². The number of nitrogens with one attached hydrogen (secondary N) is 1. The summed E-state index contributed by atoms with van der Waals surface area (Å²) in [5.41, 5.74) is 0.101. The normalized spacial score (nSPS) is 14.7. The van der Waals surface area contributed by atoms with Gasteiger partial charge in [-0.1, -0.05) is 51.3 Å². The Morgan fingerprint density at radius 3 is 2.56 bits per heavy atom. The number of nitrogens with zero attached hydrogens (tertiary/aromatic N) is 1. The van der Waals surface area contributed by atoms with Crippen molar-refractivity contribution in [1.29, 1.82) is 0 Å². The summed E-state index contributed by atoms with van der Waals surface area (Å²) in [6.45, 7) is -0.565. The van der Waals surface area contributed by atoms with Crippen molar-refractivity contribution in [2.75, 3.05) is 11.9 Å². The van der Waals surface area contributed by atoms with E-state index >= 15 is 0 Å². The van der Waals surface area contributed by atoms with Gasteiger partial charge in [0.15, 0.2) is 0 Å². The molecule has 3 amide bonds. The largest absolute Gasteiger partial charge is 0.488 e. The lowest BCUT2D eigenvalue weighted by Crippen LogP contribution is -2.36. The van der Waals surface area contributed by atoms with E-state index in [2.05, 4.69) is 21.2 Å². The fourth-order valence-corrected chi connectivity index (χ4v) is 5.12. The molecule has 4 rings (SSSR count). The van der Waals surface area contributed by atoms with Gasteiger partial charge in [0.05, 0.1) is 10.5 Å². The zero-order valence-electron chi connectivity index (χ0n) is 19.5. The molecule has 0 spiro atoms. The average Bonchev–Trinajstić information content (AvgIpc) is 3.11. The first-order valence-corrected chi connectivity index (χ1v) is 13.4. The molecule has 6 nitrogen and oxygen atoms in total. The summed E-state index contributed by atoms with van der Waals surface area (Å²) >= 11 is 16.1. The molecule has 1 aliphatic heterocycles. The Hall–Kier alpha value is -2.99. The van der Waals surface area contributed by atoms with Crippen LogP contribution >= 0.6 is 50.9 Å². The van der Waals surface area contributed by atoms with E-state index in [4.69, 9.17) is 27.9 Å². The van der Waals surface area contributed by atoms with Gasteiger partial charge in [0.25, 0.3) is 11.1 Å². The number of imide groups is 1. The van der Waals surface area contributed by atoms with Gasteiger partial charge in [0, 0.05) is 31.3 Å². The maximum Gasteiger partial charge on any atom is 0.416 e. The molecular weight excluding hydrogens is 644 g/mol. The number of carbonyl (C=O) groups excluding carboxylic acids is 3. The molecule has 0 bridgehead atoms. The number of thioether (sulfide) groups is 1. The molecule has 0 aliphatic carbocycles. The van der Waals surface area contributed by atoms with E-state index in [9.17, 15) is 27.6 Å². The minimum Gasteiger partial charge on any atom is -0.488 e. The predicted molar refractivity (Wildman–Crippen MR) is 148 cm³/mol. The maximum atomic E-state index is 13.0. The first-order chi connectivity index (χ1) is 18.4. The van der Waals surface area contributed by atoms with Crippen LogP contribution in [-0.2, 0) is 22.4 Å². The van der Waals surface area contributed by atoms with Crippen LogP contribution in [0.3, 0.4) is 0 Å². The highest BCUT2D eigenvalue weighted by molar-refractivity contribution is 9.10. The first kappa shape index (κ1) is 29.0. The smallest absolute Gasteiger partial charge is 0.416 e. The molecule has 0 saturated carbocycles. The van der Waals surface area contributed by atoms with Crippen LogP contribution in [0.15, 0.2) is 70.0 Å². The van der Waals surface area contributed by atoms with Gasteiger partial charge in [0.2, 0.25) is 5.91 Å². The first-order valence-electron chi connectivity index (χ1n) is 11.0. The third-order valence-electron chi connectivity index (χ3n) is 5.31. The topological polar surface area (TPSA) is 75.7 Å². The molecular formula is C26H16BrCl2F3N2O4S. The summed E-state index contributed by atoms with van der Waals surface area (Å²) in [4.78, 5) is 38.7. The van der Waals surface area contributed by atoms with Crippen molar-refractivity contribution in [2.45, 2.75) is 12.8 Å². The Balaban J connectivity index is 1.48. The molecule has 1 saturated heterocycles. The number of amides is 3. The summed E-state index contributed by atoms with van der Waals surface area (Å²) in [6.07, 6.45) is -3.13. The van der Waals surface area contributed by atoms with Crippen molar-refractivity contribution in [1.82, 2.24) is 4.90 Å². The SMILES string of the molecule is O=C(CN1C(=O)S/C(=C\c2cc(Br)ccc2OCc2ccc(Cl)cc2Cl)C1=O)Nc1cccc(C(F)(F)F)c1. The molecule has 0 atom stereocenters. The van der Waals surface area contributed by atoms with Crippen LogP contribution in [-0.4, -0.2) is 28.5 Å². The maximum absolute atomic E-state index is 13.0. The van der Waals surface area contributed by atoms with Gasteiger partial charge < -0.3 is 10.1 Å². The van der Waals surface area contributed by atoms with E-state index in [0.29, 0.717) is 48.1 Å². The summed E-state index contributed by atoms with van der Waals surface area (Å²) in [5, 5.41) is 2.49. The van der Waals surface area contributed by atoms with Gasteiger partial charge in [-0.3, -0.25) is 19.3 Å². The summed E-state index contributed by atoms with van der Waals surface area (Å²) in [6, 6.07) is 14.1. The van der Waals surface area contributed by atoms with Gasteiger partial charge in [-0.25, -0.2) is 0 Å². The monoisotopic (exact) mass is 658 g/mol. The molecule has 1 aliphatic rings. The van der Waals surface area contributed by atoms with Gasteiger partial charge >= 0.3 is 6.18 Å². The average molecular weight is 660 g/mol. The third kappa shape index (κ3) is 7.36. The van der Waals surface area contributed by atoms with Crippen LogP contribution in [0.2, 0.25) is 10.0 Å². The van der Waals surface area contributed by atoms with Crippen LogP contribution < -0.4 is 10.1 Å².